The molecule has 0 spiro atoms. The Kier molecular flexibility index (Phi) is 9.57. The molecule has 0 unspecified atom stereocenters. The Morgan fingerprint density at radius 3 is 2.39 bits per heavy atom. The van der Waals surface area contributed by atoms with E-state index in [4.69, 9.17) is 13.9 Å². The second kappa shape index (κ2) is 13.1. The Morgan fingerprint density at radius 1 is 1.10 bits per heavy atom. The topological polar surface area (TPSA) is 158 Å². The number of furan rings is 1. The summed E-state index contributed by atoms with van der Waals surface area (Å²) in [6, 6.07) is 13.6. The number of aromatic nitrogens is 1. The molecule has 0 atom stereocenters. The summed E-state index contributed by atoms with van der Waals surface area (Å²) >= 11 is 1.23. The molecule has 41 heavy (non-hydrogen) atoms. The van der Waals surface area contributed by atoms with Crippen molar-refractivity contribution >= 4 is 54.7 Å². The maximum absolute atomic E-state index is 13.6. The van der Waals surface area contributed by atoms with Crippen LogP contribution in [0, 0.1) is 17.0 Å². The van der Waals surface area contributed by atoms with Crippen LogP contribution < -0.4 is 5.01 Å². The smallest absolute Gasteiger partial charge is 0.400 e. The molecule has 2 aromatic carbocycles. The first-order chi connectivity index (χ1) is 19.6. The normalized spacial score (nSPS) is 12.0. The van der Waals surface area contributed by atoms with Gasteiger partial charge in [0.1, 0.15) is 4.92 Å². The molecule has 0 radical (unpaired) electrons. The number of benzene rings is 2. The van der Waals surface area contributed by atoms with Crippen LogP contribution in [-0.2, 0) is 19.5 Å². The Morgan fingerprint density at radius 2 is 1.78 bits per heavy atom. The number of fused-ring (bicyclic) bond motifs is 1. The minimum atomic E-state index is -3.89. The number of sulfonamides is 1. The van der Waals surface area contributed by atoms with Gasteiger partial charge in [0.05, 0.1) is 40.6 Å². The highest BCUT2D eigenvalue weighted by molar-refractivity contribution is 7.89. The summed E-state index contributed by atoms with van der Waals surface area (Å²) in [6.45, 7) is 2.60. The summed E-state index contributed by atoms with van der Waals surface area (Å²) in [4.78, 5) is 28.5. The maximum Gasteiger partial charge on any atom is 0.433 e. The fourth-order valence-corrected chi connectivity index (χ4v) is 6.13. The van der Waals surface area contributed by atoms with Crippen molar-refractivity contribution in [2.24, 2.45) is 5.10 Å². The fourth-order valence-electron chi connectivity index (χ4n) is 3.70. The Labute approximate surface area is 239 Å². The average Bonchev–Trinajstić information content (AvgIpc) is 3.60. The van der Waals surface area contributed by atoms with Crippen molar-refractivity contribution in [3.63, 3.8) is 0 Å². The molecular formula is C26H27N5O8S2. The second-order valence-electron chi connectivity index (χ2n) is 8.68. The molecule has 1 amide bonds. The summed E-state index contributed by atoms with van der Waals surface area (Å²) in [7, 11) is -0.928. The van der Waals surface area contributed by atoms with Gasteiger partial charge in [0, 0.05) is 32.9 Å². The molecule has 0 aliphatic carbocycles. The quantitative estimate of drug-likeness (QED) is 0.125. The molecule has 216 valence electrons. The van der Waals surface area contributed by atoms with Crippen LogP contribution in [0.25, 0.3) is 10.2 Å². The molecular weight excluding hydrogens is 574 g/mol. The van der Waals surface area contributed by atoms with E-state index >= 15 is 0 Å². The van der Waals surface area contributed by atoms with E-state index in [2.05, 4.69) is 10.1 Å². The summed E-state index contributed by atoms with van der Waals surface area (Å²) in [5, 5.41) is 16.5. The number of nitrogens with zero attached hydrogens (tertiary/aromatic N) is 5. The fraction of sp³-hybridized carbons (Fsp3) is 0.269. The van der Waals surface area contributed by atoms with Crippen molar-refractivity contribution in [3.05, 3.63) is 81.6 Å². The molecule has 0 N–H and O–H groups in total. The minimum Gasteiger partial charge on any atom is -0.400 e. The van der Waals surface area contributed by atoms with Crippen LogP contribution >= 0.6 is 11.3 Å². The average molecular weight is 602 g/mol. The summed E-state index contributed by atoms with van der Waals surface area (Å²) in [5.41, 5.74) is 1.81. The summed E-state index contributed by atoms with van der Waals surface area (Å²) < 4.78 is 43.8. The number of rotatable bonds is 13. The largest absolute Gasteiger partial charge is 0.433 e. The van der Waals surface area contributed by atoms with Crippen LogP contribution in [0.15, 0.2) is 69.0 Å². The molecule has 0 aliphatic rings. The number of thiazole rings is 1. The van der Waals surface area contributed by atoms with Crippen molar-refractivity contribution in [1.29, 1.82) is 0 Å². The van der Waals surface area contributed by atoms with Crippen LogP contribution in [-0.4, -0.2) is 75.3 Å². The highest BCUT2D eigenvalue weighted by Gasteiger charge is 2.26. The molecule has 2 aromatic heterocycles. The highest BCUT2D eigenvalue weighted by Crippen LogP contribution is 2.31. The van der Waals surface area contributed by atoms with Gasteiger partial charge in [-0.1, -0.05) is 17.4 Å². The zero-order valence-electron chi connectivity index (χ0n) is 22.4. The monoisotopic (exact) mass is 601 g/mol. The van der Waals surface area contributed by atoms with E-state index in [1.54, 1.807) is 0 Å². The summed E-state index contributed by atoms with van der Waals surface area (Å²) in [5.74, 6) is -1.01. The van der Waals surface area contributed by atoms with E-state index < -0.39 is 26.7 Å². The SMILES string of the molecule is COCCN(CCOC)S(=O)(=O)c1ccc(C(=O)N(/N=C/c2ccc([N+](=O)[O-])o2)c2nc3ccc(C)cc3s2)cc1. The van der Waals surface area contributed by atoms with Crippen molar-refractivity contribution < 1.29 is 32.0 Å². The number of methoxy groups -OCH3 is 2. The van der Waals surface area contributed by atoms with E-state index in [0.29, 0.717) is 5.52 Å². The van der Waals surface area contributed by atoms with Gasteiger partial charge in [0.15, 0.2) is 5.76 Å². The molecule has 4 rings (SSSR count). The molecule has 0 fully saturated rings. The van der Waals surface area contributed by atoms with Gasteiger partial charge in [-0.2, -0.15) is 14.4 Å². The zero-order valence-corrected chi connectivity index (χ0v) is 24.1. The van der Waals surface area contributed by atoms with Crippen LogP contribution in [0.4, 0.5) is 11.0 Å². The van der Waals surface area contributed by atoms with Gasteiger partial charge in [0.2, 0.25) is 15.2 Å². The Hall–Kier alpha value is -4.02. The second-order valence-corrected chi connectivity index (χ2v) is 11.6. The number of anilines is 1. The predicted octanol–water partition coefficient (Wildman–Crippen LogP) is 4.07. The van der Waals surface area contributed by atoms with Gasteiger partial charge < -0.3 is 13.9 Å². The number of aryl methyl sites for hydroxylation is 1. The molecule has 0 saturated heterocycles. The van der Waals surface area contributed by atoms with Crippen LogP contribution in [0.5, 0.6) is 0 Å². The van der Waals surface area contributed by atoms with Gasteiger partial charge >= 0.3 is 5.88 Å². The molecule has 0 bridgehead atoms. The number of ether oxygens (including phenoxy) is 2. The Bertz CT molecular complexity index is 1660. The standard InChI is InChI=1S/C26H27N5O8S2/c1-18-4-10-22-23(16-18)40-26(28-22)30(27-17-20-7-11-24(39-20)31(33)34)25(32)19-5-8-21(9-6-19)41(35,36)29(12-14-37-2)13-15-38-3/h4-11,16-17H,12-15H2,1-3H3/b27-17+. The third kappa shape index (κ3) is 7.01. The van der Waals surface area contributed by atoms with E-state index in [-0.39, 0.29) is 47.7 Å². The molecule has 0 aliphatic heterocycles. The predicted molar refractivity (Wildman–Crippen MR) is 153 cm³/mol. The van der Waals surface area contributed by atoms with Gasteiger partial charge in [-0.05, 0) is 55.0 Å². The molecule has 2 heterocycles. The van der Waals surface area contributed by atoms with Crippen molar-refractivity contribution in [3.8, 4) is 0 Å². The van der Waals surface area contributed by atoms with Crippen LogP contribution in [0.1, 0.15) is 21.7 Å². The van der Waals surface area contributed by atoms with Crippen LogP contribution in [0.3, 0.4) is 0 Å². The van der Waals surface area contributed by atoms with Gasteiger partial charge in [-0.3, -0.25) is 14.9 Å². The van der Waals surface area contributed by atoms with E-state index in [0.717, 1.165) is 15.3 Å². The minimum absolute atomic E-state index is 0.00494. The first-order valence-electron chi connectivity index (χ1n) is 12.2. The van der Waals surface area contributed by atoms with Gasteiger partial charge in [-0.15, -0.1) is 0 Å². The lowest BCUT2D eigenvalue weighted by molar-refractivity contribution is -0.402. The van der Waals surface area contributed by atoms with E-state index in [1.807, 2.05) is 25.1 Å². The third-order valence-electron chi connectivity index (χ3n) is 5.83. The first kappa shape index (κ1) is 30.0. The van der Waals surface area contributed by atoms with E-state index in [1.165, 1.54) is 72.5 Å². The lowest BCUT2D eigenvalue weighted by Gasteiger charge is -2.21. The summed E-state index contributed by atoms with van der Waals surface area (Å²) in [6.07, 6.45) is 1.17. The number of hydrogen-bond donors (Lipinski definition) is 0. The number of hydrogen-bond acceptors (Lipinski definition) is 11. The maximum atomic E-state index is 13.6. The lowest BCUT2D eigenvalue weighted by atomic mass is 10.2. The van der Waals surface area contributed by atoms with Crippen molar-refractivity contribution in [2.45, 2.75) is 11.8 Å². The molecule has 0 saturated carbocycles. The number of nitro groups is 1. The van der Waals surface area contributed by atoms with Gasteiger partial charge in [0.25, 0.3) is 5.91 Å². The first-order valence-corrected chi connectivity index (χ1v) is 14.5. The Balaban J connectivity index is 1.66. The number of hydrazone groups is 1. The van der Waals surface area contributed by atoms with E-state index in [9.17, 15) is 23.3 Å². The number of amides is 1. The lowest BCUT2D eigenvalue weighted by Crippen LogP contribution is -2.36. The van der Waals surface area contributed by atoms with Crippen LogP contribution in [0.2, 0.25) is 0 Å². The number of carbonyl (C=O) groups excluding carboxylic acids is 1. The molecule has 13 nitrogen and oxygen atoms in total. The van der Waals surface area contributed by atoms with Crippen molar-refractivity contribution in [2.75, 3.05) is 45.5 Å². The molecule has 4 aromatic rings. The number of carbonyl (C=O) groups is 1. The van der Waals surface area contributed by atoms with Gasteiger partial charge in [-0.25, -0.2) is 13.4 Å². The zero-order chi connectivity index (χ0) is 29.6. The highest BCUT2D eigenvalue weighted by atomic mass is 32.2. The third-order valence-corrected chi connectivity index (χ3v) is 8.73. The molecule has 15 heteroatoms. The van der Waals surface area contributed by atoms with Crippen molar-refractivity contribution in [1.82, 2.24) is 9.29 Å².